The van der Waals surface area contributed by atoms with Crippen molar-refractivity contribution in [1.29, 1.82) is 0 Å². The Kier molecular flexibility index (Phi) is 4.85. The molecule has 3 aromatic rings. The highest BCUT2D eigenvalue weighted by molar-refractivity contribution is 6.65. The number of hydrogen-bond acceptors (Lipinski definition) is 4. The average Bonchev–Trinajstić information content (AvgIpc) is 2.86. The highest BCUT2D eigenvalue weighted by Crippen LogP contribution is 2.38. The Hall–Kier alpha value is -1.98. The van der Waals surface area contributed by atoms with E-state index in [0.29, 0.717) is 0 Å². The van der Waals surface area contributed by atoms with Crippen molar-refractivity contribution in [2.45, 2.75) is 91.3 Å². The monoisotopic (exact) mass is 418 g/mol. The molecular formula is C26H35BN2O2. The van der Waals surface area contributed by atoms with E-state index in [-0.39, 0.29) is 10.8 Å². The quantitative estimate of drug-likeness (QED) is 0.377. The molecular weight excluding hydrogens is 383 g/mol. The Morgan fingerprint density at radius 3 is 1.77 bits per heavy atom. The molecule has 0 saturated carbocycles. The van der Waals surface area contributed by atoms with Gasteiger partial charge in [0, 0.05) is 33.0 Å². The molecule has 0 unspecified atom stereocenters. The molecule has 31 heavy (non-hydrogen) atoms. The van der Waals surface area contributed by atoms with E-state index in [4.69, 9.17) is 19.3 Å². The molecule has 5 heteroatoms. The van der Waals surface area contributed by atoms with E-state index in [0.717, 1.165) is 38.7 Å². The molecule has 0 N–H and O–H groups in total. The molecule has 1 aliphatic rings. The standard InChI is InChI=1S/C26H35BN2O2/c1-23(2,3)19-14-12-16-11-13-17-18(27-30-25(7,8)26(9,10)31-27)15-20(24(4,5)6)29-22(17)21(16)28-19/h11-15H,1-10H3. The van der Waals surface area contributed by atoms with Gasteiger partial charge in [0.05, 0.1) is 22.2 Å². The number of nitrogens with zero attached hydrogens (tertiary/aromatic N) is 2. The van der Waals surface area contributed by atoms with E-state index >= 15 is 0 Å². The first-order valence-corrected chi connectivity index (χ1v) is 11.2. The van der Waals surface area contributed by atoms with Gasteiger partial charge in [-0.2, -0.15) is 0 Å². The molecule has 4 rings (SSSR count). The fourth-order valence-corrected chi connectivity index (χ4v) is 3.86. The molecule has 0 spiro atoms. The molecule has 4 nitrogen and oxygen atoms in total. The van der Waals surface area contributed by atoms with Crippen LogP contribution in [0.4, 0.5) is 0 Å². The van der Waals surface area contributed by atoms with Crippen LogP contribution in [0.5, 0.6) is 0 Å². The van der Waals surface area contributed by atoms with Crippen LogP contribution in [-0.4, -0.2) is 28.3 Å². The first-order valence-electron chi connectivity index (χ1n) is 11.2. The number of pyridine rings is 2. The summed E-state index contributed by atoms with van der Waals surface area (Å²) in [6.45, 7) is 21.5. The van der Waals surface area contributed by atoms with Gasteiger partial charge in [0.25, 0.3) is 0 Å². The molecule has 0 radical (unpaired) electrons. The zero-order valence-corrected chi connectivity index (χ0v) is 20.7. The summed E-state index contributed by atoms with van der Waals surface area (Å²) in [7, 11) is -0.445. The van der Waals surface area contributed by atoms with E-state index in [1.807, 2.05) is 0 Å². The third kappa shape index (κ3) is 3.76. The third-order valence-corrected chi connectivity index (χ3v) is 6.71. The minimum Gasteiger partial charge on any atom is -0.399 e. The number of aromatic nitrogens is 2. The predicted molar refractivity (Wildman–Crippen MR) is 130 cm³/mol. The van der Waals surface area contributed by atoms with Crippen molar-refractivity contribution in [3.63, 3.8) is 0 Å². The van der Waals surface area contributed by atoms with Gasteiger partial charge in [-0.05, 0) is 45.3 Å². The summed E-state index contributed by atoms with van der Waals surface area (Å²) < 4.78 is 12.9. The SMILES string of the molecule is CC(C)(C)c1ccc2ccc3c(B4OC(C)(C)C(C)(C)O4)cc(C(C)(C)C)nc3c2n1. The highest BCUT2D eigenvalue weighted by atomic mass is 16.7. The van der Waals surface area contributed by atoms with Gasteiger partial charge in [-0.15, -0.1) is 0 Å². The van der Waals surface area contributed by atoms with E-state index in [1.54, 1.807) is 0 Å². The summed E-state index contributed by atoms with van der Waals surface area (Å²) in [6, 6.07) is 10.7. The van der Waals surface area contributed by atoms with Crippen molar-refractivity contribution in [3.05, 3.63) is 41.7 Å². The van der Waals surface area contributed by atoms with Crippen molar-refractivity contribution in [1.82, 2.24) is 9.97 Å². The largest absolute Gasteiger partial charge is 0.495 e. The van der Waals surface area contributed by atoms with E-state index < -0.39 is 18.3 Å². The number of rotatable bonds is 1. The van der Waals surface area contributed by atoms with Crippen LogP contribution < -0.4 is 5.46 Å². The molecule has 2 aromatic heterocycles. The van der Waals surface area contributed by atoms with Crippen LogP contribution in [0.15, 0.2) is 30.3 Å². The fourth-order valence-electron chi connectivity index (χ4n) is 3.86. The molecule has 1 aromatic carbocycles. The second kappa shape index (κ2) is 6.76. The normalized spacial score (nSPS) is 18.8. The van der Waals surface area contributed by atoms with Crippen LogP contribution in [0, 0.1) is 0 Å². The van der Waals surface area contributed by atoms with Gasteiger partial charge in [0.2, 0.25) is 0 Å². The second-order valence-corrected chi connectivity index (χ2v) is 11.9. The summed E-state index contributed by atoms with van der Waals surface area (Å²) >= 11 is 0. The van der Waals surface area contributed by atoms with Gasteiger partial charge in [-0.25, -0.2) is 4.98 Å². The maximum Gasteiger partial charge on any atom is 0.495 e. The number of benzene rings is 1. The van der Waals surface area contributed by atoms with Gasteiger partial charge in [-0.3, -0.25) is 4.98 Å². The van der Waals surface area contributed by atoms with Crippen molar-refractivity contribution < 1.29 is 9.31 Å². The first-order chi connectivity index (χ1) is 14.1. The zero-order chi connectivity index (χ0) is 23.0. The number of hydrogen-bond donors (Lipinski definition) is 0. The van der Waals surface area contributed by atoms with Crippen molar-refractivity contribution >= 4 is 34.4 Å². The van der Waals surface area contributed by atoms with Gasteiger partial charge < -0.3 is 9.31 Å². The molecule has 1 fully saturated rings. The zero-order valence-electron chi connectivity index (χ0n) is 20.7. The highest BCUT2D eigenvalue weighted by Gasteiger charge is 2.52. The predicted octanol–water partition coefficient (Wildman–Crippen LogP) is 5.68. The van der Waals surface area contributed by atoms with Crippen molar-refractivity contribution in [2.24, 2.45) is 0 Å². The molecule has 1 aliphatic heterocycles. The lowest BCUT2D eigenvalue weighted by atomic mass is 9.74. The lowest BCUT2D eigenvalue weighted by Crippen LogP contribution is -2.41. The van der Waals surface area contributed by atoms with Gasteiger partial charge in [0.1, 0.15) is 0 Å². The third-order valence-electron chi connectivity index (χ3n) is 6.71. The van der Waals surface area contributed by atoms with Crippen LogP contribution in [0.3, 0.4) is 0 Å². The molecule has 0 amide bonds. The molecule has 0 aliphatic carbocycles. The molecule has 0 atom stereocenters. The minimum atomic E-state index is -0.445. The first kappa shape index (κ1) is 22.2. The Bertz CT molecular complexity index is 1150. The van der Waals surface area contributed by atoms with Crippen LogP contribution in [-0.2, 0) is 20.1 Å². The average molecular weight is 418 g/mol. The van der Waals surface area contributed by atoms with E-state index in [2.05, 4.69) is 99.6 Å². The lowest BCUT2D eigenvalue weighted by Gasteiger charge is -2.32. The maximum absolute atomic E-state index is 6.45. The van der Waals surface area contributed by atoms with Crippen molar-refractivity contribution in [3.8, 4) is 0 Å². The Balaban J connectivity index is 2.03. The number of fused-ring (bicyclic) bond motifs is 3. The van der Waals surface area contributed by atoms with Crippen LogP contribution >= 0.6 is 0 Å². The van der Waals surface area contributed by atoms with Crippen molar-refractivity contribution in [2.75, 3.05) is 0 Å². The maximum atomic E-state index is 6.45. The molecule has 1 saturated heterocycles. The second-order valence-electron chi connectivity index (χ2n) is 11.9. The summed E-state index contributed by atoms with van der Waals surface area (Å²) in [4.78, 5) is 10.2. The van der Waals surface area contributed by atoms with Gasteiger partial charge in [0.15, 0.2) is 0 Å². The smallest absolute Gasteiger partial charge is 0.399 e. The summed E-state index contributed by atoms with van der Waals surface area (Å²) in [5.41, 5.74) is 4.01. The van der Waals surface area contributed by atoms with Crippen LogP contribution in [0.1, 0.15) is 80.6 Å². The Morgan fingerprint density at radius 2 is 1.23 bits per heavy atom. The Morgan fingerprint density at radius 1 is 0.710 bits per heavy atom. The molecule has 0 bridgehead atoms. The summed E-state index contributed by atoms with van der Waals surface area (Å²) in [5.74, 6) is 0. The summed E-state index contributed by atoms with van der Waals surface area (Å²) in [6.07, 6.45) is 0. The van der Waals surface area contributed by atoms with E-state index in [9.17, 15) is 0 Å². The fraction of sp³-hybridized carbons (Fsp3) is 0.538. The lowest BCUT2D eigenvalue weighted by molar-refractivity contribution is 0.00578. The van der Waals surface area contributed by atoms with Crippen LogP contribution in [0.25, 0.3) is 21.8 Å². The molecule has 3 heterocycles. The van der Waals surface area contributed by atoms with Gasteiger partial charge >= 0.3 is 7.12 Å². The molecule has 164 valence electrons. The van der Waals surface area contributed by atoms with Crippen LogP contribution in [0.2, 0.25) is 0 Å². The van der Waals surface area contributed by atoms with Gasteiger partial charge in [-0.1, -0.05) is 59.7 Å². The summed E-state index contributed by atoms with van der Waals surface area (Å²) in [5, 5.41) is 2.14. The van der Waals surface area contributed by atoms with E-state index in [1.165, 1.54) is 0 Å². The Labute approximate surface area is 186 Å². The topological polar surface area (TPSA) is 44.2 Å². The minimum absolute atomic E-state index is 0.0352.